The van der Waals surface area contributed by atoms with Gasteiger partial charge in [0.2, 0.25) is 0 Å². The summed E-state index contributed by atoms with van der Waals surface area (Å²) >= 11 is 0. The number of benzene rings is 7. The average Bonchev–Trinajstić information content (AvgIpc) is 3.56. The molecule has 0 unspecified atom stereocenters. The van der Waals surface area contributed by atoms with Gasteiger partial charge in [-0.05, 0) is 99.8 Å². The Morgan fingerprint density at radius 2 is 1.07 bits per heavy atom. The molecule has 0 radical (unpaired) electrons. The summed E-state index contributed by atoms with van der Waals surface area (Å²) in [6.45, 7) is 4.70. The highest BCUT2D eigenvalue weighted by Gasteiger charge is 2.37. The molecule has 7 aromatic carbocycles. The maximum atomic E-state index is 6.67. The van der Waals surface area contributed by atoms with E-state index in [2.05, 4.69) is 183 Å². The second-order valence-electron chi connectivity index (χ2n) is 16.0. The number of hydrogen-bond acceptors (Lipinski definition) is 2. The van der Waals surface area contributed by atoms with Crippen molar-refractivity contribution in [3.63, 3.8) is 0 Å². The fourth-order valence-corrected chi connectivity index (χ4v) is 9.87. The number of hydrogen-bond donors (Lipinski definition) is 0. The van der Waals surface area contributed by atoms with Crippen molar-refractivity contribution in [1.82, 2.24) is 0 Å². The number of anilines is 3. The van der Waals surface area contributed by atoms with E-state index in [9.17, 15) is 0 Å². The van der Waals surface area contributed by atoms with Crippen LogP contribution in [0.15, 0.2) is 168 Å². The van der Waals surface area contributed by atoms with Crippen LogP contribution in [-0.4, -0.2) is 0 Å². The van der Waals surface area contributed by atoms with Crippen LogP contribution in [0.3, 0.4) is 0 Å². The van der Waals surface area contributed by atoms with Gasteiger partial charge >= 0.3 is 0 Å². The summed E-state index contributed by atoms with van der Waals surface area (Å²) in [6, 6.07) is 60.6. The lowest BCUT2D eigenvalue weighted by Crippen LogP contribution is -2.27. The van der Waals surface area contributed by atoms with Crippen molar-refractivity contribution in [1.29, 1.82) is 0 Å². The molecule has 8 aromatic rings. The molecule has 0 spiro atoms. The van der Waals surface area contributed by atoms with E-state index in [1.165, 1.54) is 83.0 Å². The molecule has 0 atom stereocenters. The Hall–Kier alpha value is -5.86. The first-order valence-electron chi connectivity index (χ1n) is 19.7. The molecule has 1 heterocycles. The molecule has 2 nitrogen and oxygen atoms in total. The second-order valence-corrected chi connectivity index (χ2v) is 16.0. The second kappa shape index (κ2) is 12.9. The Morgan fingerprint density at radius 3 is 1.85 bits per heavy atom. The molecule has 0 amide bonds. The zero-order chi connectivity index (χ0) is 36.3. The summed E-state index contributed by atoms with van der Waals surface area (Å²) in [6.07, 6.45) is 7.53. The van der Waals surface area contributed by atoms with Crippen molar-refractivity contribution in [2.24, 2.45) is 0 Å². The van der Waals surface area contributed by atoms with Gasteiger partial charge in [0.05, 0.1) is 0 Å². The topological polar surface area (TPSA) is 16.4 Å². The highest BCUT2D eigenvalue weighted by Crippen LogP contribution is 2.51. The van der Waals surface area contributed by atoms with Gasteiger partial charge in [-0.1, -0.05) is 155 Å². The normalized spacial score (nSPS) is 15.8. The molecule has 0 N–H and O–H groups in total. The first-order chi connectivity index (χ1) is 26.5. The van der Waals surface area contributed by atoms with Gasteiger partial charge in [0, 0.05) is 44.7 Å². The van der Waals surface area contributed by atoms with Gasteiger partial charge in [-0.25, -0.2) is 0 Å². The standard InChI is InChI=1S/C52H45NO/c1-51(2)46-22-12-11-20-43(46)45-34-40(29-31-47(45)51)53(39-26-24-38(25-27-39)52(32-13-3-4-14-33-52)37-18-9-6-10-19-37)41-28-30-44-49(35-41)54-48-23-15-21-42(50(44)48)36-16-7-5-8-17-36/h5-12,15-31,34-35H,3-4,13-14,32-33H2,1-2H3. The molecule has 54 heavy (non-hydrogen) atoms. The molecule has 10 rings (SSSR count). The first kappa shape index (κ1) is 32.8. The lowest BCUT2D eigenvalue weighted by atomic mass is 9.69. The Bertz CT molecular complexity index is 2620. The van der Waals surface area contributed by atoms with E-state index in [0.717, 1.165) is 39.0 Å². The lowest BCUT2D eigenvalue weighted by Gasteiger charge is -2.35. The van der Waals surface area contributed by atoms with Crippen LogP contribution in [0.25, 0.3) is 44.2 Å². The zero-order valence-electron chi connectivity index (χ0n) is 31.2. The number of furan rings is 1. The quantitative estimate of drug-likeness (QED) is 0.161. The predicted octanol–water partition coefficient (Wildman–Crippen LogP) is 14.7. The Balaban J connectivity index is 1.14. The molecule has 2 aliphatic carbocycles. The molecule has 1 fully saturated rings. The molecule has 2 heteroatoms. The third kappa shape index (κ3) is 5.22. The minimum absolute atomic E-state index is 0.0353. The van der Waals surface area contributed by atoms with E-state index in [4.69, 9.17) is 4.42 Å². The number of nitrogens with zero attached hydrogens (tertiary/aromatic N) is 1. The van der Waals surface area contributed by atoms with Gasteiger partial charge in [-0.2, -0.15) is 0 Å². The molecular weight excluding hydrogens is 655 g/mol. The zero-order valence-corrected chi connectivity index (χ0v) is 31.2. The molecule has 2 aliphatic rings. The van der Waals surface area contributed by atoms with Crippen molar-refractivity contribution in [2.75, 3.05) is 4.90 Å². The van der Waals surface area contributed by atoms with E-state index in [1.807, 2.05) is 0 Å². The lowest BCUT2D eigenvalue weighted by molar-refractivity contribution is 0.446. The summed E-state index contributed by atoms with van der Waals surface area (Å²) in [4.78, 5) is 2.42. The Labute approximate surface area is 318 Å². The third-order valence-corrected chi connectivity index (χ3v) is 12.6. The molecule has 0 aliphatic heterocycles. The third-order valence-electron chi connectivity index (χ3n) is 12.6. The SMILES string of the molecule is CC1(C)c2ccccc2-c2cc(N(c3ccc(C4(c5ccccc5)CCCCCC4)cc3)c3ccc4c(c3)oc3cccc(-c5ccccc5)c34)ccc21. The van der Waals surface area contributed by atoms with Crippen LogP contribution < -0.4 is 4.90 Å². The van der Waals surface area contributed by atoms with Crippen LogP contribution in [-0.2, 0) is 10.8 Å². The largest absolute Gasteiger partial charge is 0.456 e. The fourth-order valence-electron chi connectivity index (χ4n) is 9.87. The van der Waals surface area contributed by atoms with Crippen LogP contribution in [0.1, 0.15) is 74.6 Å². The summed E-state index contributed by atoms with van der Waals surface area (Å²) in [5, 5.41) is 2.29. The maximum Gasteiger partial charge on any atom is 0.137 e. The van der Waals surface area contributed by atoms with Gasteiger partial charge in [0.1, 0.15) is 11.2 Å². The van der Waals surface area contributed by atoms with Gasteiger partial charge in [-0.15, -0.1) is 0 Å². The molecule has 0 saturated heterocycles. The van der Waals surface area contributed by atoms with E-state index in [1.54, 1.807) is 0 Å². The van der Waals surface area contributed by atoms with Crippen molar-refractivity contribution in [2.45, 2.75) is 63.2 Å². The maximum absolute atomic E-state index is 6.67. The monoisotopic (exact) mass is 699 g/mol. The molecular formula is C52H45NO. The van der Waals surface area contributed by atoms with Gasteiger partial charge in [0.25, 0.3) is 0 Å². The van der Waals surface area contributed by atoms with Crippen LogP contribution in [0.2, 0.25) is 0 Å². The highest BCUT2D eigenvalue weighted by atomic mass is 16.3. The summed E-state index contributed by atoms with van der Waals surface area (Å²) in [5.74, 6) is 0. The Kier molecular flexibility index (Phi) is 7.84. The molecule has 1 saturated carbocycles. The van der Waals surface area contributed by atoms with Gasteiger partial charge in [0.15, 0.2) is 0 Å². The average molecular weight is 700 g/mol. The minimum atomic E-state index is -0.0505. The first-order valence-corrected chi connectivity index (χ1v) is 19.7. The van der Waals surface area contributed by atoms with Crippen LogP contribution in [0, 0.1) is 0 Å². The molecule has 1 aromatic heterocycles. The summed E-state index contributed by atoms with van der Waals surface area (Å²) in [7, 11) is 0. The number of fused-ring (bicyclic) bond motifs is 6. The van der Waals surface area contributed by atoms with E-state index < -0.39 is 0 Å². The summed E-state index contributed by atoms with van der Waals surface area (Å²) < 4.78 is 6.67. The van der Waals surface area contributed by atoms with Crippen LogP contribution in [0.4, 0.5) is 17.1 Å². The fraction of sp³-hybridized carbons (Fsp3) is 0.192. The highest BCUT2D eigenvalue weighted by molar-refractivity contribution is 6.13. The number of rotatable bonds is 6. The van der Waals surface area contributed by atoms with E-state index in [0.29, 0.717) is 0 Å². The smallest absolute Gasteiger partial charge is 0.137 e. The minimum Gasteiger partial charge on any atom is -0.456 e. The van der Waals surface area contributed by atoms with Gasteiger partial charge in [-0.3, -0.25) is 0 Å². The molecule has 264 valence electrons. The Morgan fingerprint density at radius 1 is 0.463 bits per heavy atom. The summed E-state index contributed by atoms with van der Waals surface area (Å²) in [5.41, 5.74) is 15.8. The van der Waals surface area contributed by atoms with Crippen LogP contribution >= 0.6 is 0 Å². The van der Waals surface area contributed by atoms with Crippen LogP contribution in [0.5, 0.6) is 0 Å². The van der Waals surface area contributed by atoms with Gasteiger partial charge < -0.3 is 9.32 Å². The predicted molar refractivity (Wildman–Crippen MR) is 226 cm³/mol. The van der Waals surface area contributed by atoms with Crippen molar-refractivity contribution in [3.05, 3.63) is 186 Å². The van der Waals surface area contributed by atoms with Crippen molar-refractivity contribution >= 4 is 39.0 Å². The van der Waals surface area contributed by atoms with Crippen molar-refractivity contribution < 1.29 is 4.42 Å². The van der Waals surface area contributed by atoms with E-state index in [-0.39, 0.29) is 10.8 Å². The van der Waals surface area contributed by atoms with Crippen molar-refractivity contribution in [3.8, 4) is 22.3 Å². The molecule has 0 bridgehead atoms. The van der Waals surface area contributed by atoms with E-state index >= 15 is 0 Å².